The highest BCUT2D eigenvalue weighted by atomic mass is 35.5. The predicted octanol–water partition coefficient (Wildman–Crippen LogP) is 3.36. The van der Waals surface area contributed by atoms with Gasteiger partial charge in [-0.3, -0.25) is 0 Å². The van der Waals surface area contributed by atoms with Crippen molar-refractivity contribution in [3.05, 3.63) is 40.5 Å². The minimum Gasteiger partial charge on any atom is -0.378 e. The average molecular weight is 325 g/mol. The number of aromatic nitrogens is 2. The number of nitrogens with one attached hydrogen (secondary N) is 1. The van der Waals surface area contributed by atoms with Gasteiger partial charge in [-0.2, -0.15) is 4.98 Å². The Morgan fingerprint density at radius 3 is 2.76 bits per heavy atom. The second-order valence-corrected chi connectivity index (χ2v) is 5.43. The zero-order chi connectivity index (χ0) is 14.7. The molecule has 0 atom stereocenters. The van der Waals surface area contributed by atoms with E-state index in [4.69, 9.17) is 27.9 Å². The predicted molar refractivity (Wildman–Crippen MR) is 84.8 cm³/mol. The van der Waals surface area contributed by atoms with E-state index in [1.807, 2.05) is 0 Å². The third kappa shape index (κ3) is 3.56. The van der Waals surface area contributed by atoms with E-state index in [1.165, 1.54) is 0 Å². The summed E-state index contributed by atoms with van der Waals surface area (Å²) in [5.41, 5.74) is 0.718. The molecule has 21 heavy (non-hydrogen) atoms. The van der Waals surface area contributed by atoms with Gasteiger partial charge in [-0.05, 0) is 24.3 Å². The van der Waals surface area contributed by atoms with E-state index in [-0.39, 0.29) is 0 Å². The van der Waals surface area contributed by atoms with Crippen molar-refractivity contribution < 1.29 is 4.74 Å². The Labute approximate surface area is 132 Å². The first-order valence-corrected chi connectivity index (χ1v) is 7.36. The lowest BCUT2D eigenvalue weighted by molar-refractivity contribution is 0.122. The number of nitrogens with zero attached hydrogens (tertiary/aromatic N) is 3. The fourth-order valence-corrected chi connectivity index (χ4v) is 2.40. The van der Waals surface area contributed by atoms with Crippen LogP contribution in [-0.2, 0) is 4.74 Å². The zero-order valence-electron chi connectivity index (χ0n) is 11.2. The summed E-state index contributed by atoms with van der Waals surface area (Å²) in [5, 5.41) is 4.37. The first-order valence-electron chi connectivity index (χ1n) is 6.60. The van der Waals surface area contributed by atoms with Gasteiger partial charge >= 0.3 is 0 Å². The highest BCUT2D eigenvalue weighted by Crippen LogP contribution is 2.28. The molecule has 0 amide bonds. The molecular weight excluding hydrogens is 311 g/mol. The van der Waals surface area contributed by atoms with Crippen LogP contribution in [0.5, 0.6) is 0 Å². The maximum absolute atomic E-state index is 6.14. The third-order valence-electron chi connectivity index (χ3n) is 3.13. The number of benzene rings is 1. The Morgan fingerprint density at radius 2 is 1.95 bits per heavy atom. The van der Waals surface area contributed by atoms with Crippen molar-refractivity contribution in [1.82, 2.24) is 9.97 Å². The van der Waals surface area contributed by atoms with Crippen LogP contribution in [0.25, 0.3) is 0 Å². The molecule has 0 radical (unpaired) electrons. The van der Waals surface area contributed by atoms with Gasteiger partial charge in [0.05, 0.1) is 23.9 Å². The number of rotatable bonds is 3. The zero-order valence-corrected chi connectivity index (χ0v) is 12.7. The molecule has 0 saturated carbocycles. The van der Waals surface area contributed by atoms with Crippen molar-refractivity contribution in [2.24, 2.45) is 0 Å². The molecule has 1 aromatic carbocycles. The molecule has 5 nitrogen and oxygen atoms in total. The number of halogens is 2. The molecule has 1 N–H and O–H groups in total. The normalized spacial score (nSPS) is 15.0. The lowest BCUT2D eigenvalue weighted by Gasteiger charge is -2.26. The number of hydrogen-bond acceptors (Lipinski definition) is 5. The first kappa shape index (κ1) is 14.4. The summed E-state index contributed by atoms with van der Waals surface area (Å²) < 4.78 is 5.33. The molecule has 2 heterocycles. The average Bonchev–Trinajstić information content (AvgIpc) is 2.52. The summed E-state index contributed by atoms with van der Waals surface area (Å²) in [5.74, 6) is 1.36. The third-order valence-corrected chi connectivity index (χ3v) is 3.69. The lowest BCUT2D eigenvalue weighted by Crippen LogP contribution is -2.37. The summed E-state index contributed by atoms with van der Waals surface area (Å²) in [6.07, 6.45) is 1.72. The van der Waals surface area contributed by atoms with Crippen molar-refractivity contribution in [1.29, 1.82) is 0 Å². The van der Waals surface area contributed by atoms with Crippen LogP contribution >= 0.6 is 23.2 Å². The van der Waals surface area contributed by atoms with Crippen LogP contribution in [0.1, 0.15) is 0 Å². The maximum Gasteiger partial charge on any atom is 0.227 e. The minimum absolute atomic E-state index is 0.589. The SMILES string of the molecule is Clc1ccc(Cl)c(Nc2ccnc(N3CCOCC3)n2)c1. The number of anilines is 3. The van der Waals surface area contributed by atoms with Gasteiger partial charge in [0.25, 0.3) is 0 Å². The van der Waals surface area contributed by atoms with Gasteiger partial charge in [-0.1, -0.05) is 23.2 Å². The molecule has 110 valence electrons. The maximum atomic E-state index is 6.14. The Kier molecular flexibility index (Phi) is 4.43. The minimum atomic E-state index is 0.589. The monoisotopic (exact) mass is 324 g/mol. The van der Waals surface area contributed by atoms with Crippen LogP contribution in [0.15, 0.2) is 30.5 Å². The molecule has 3 rings (SSSR count). The van der Waals surface area contributed by atoms with E-state index in [0.717, 1.165) is 18.8 Å². The molecule has 0 unspecified atom stereocenters. The summed E-state index contributed by atoms with van der Waals surface area (Å²) in [4.78, 5) is 10.9. The molecule has 0 bridgehead atoms. The van der Waals surface area contributed by atoms with E-state index >= 15 is 0 Å². The van der Waals surface area contributed by atoms with Crippen molar-refractivity contribution in [3.8, 4) is 0 Å². The highest BCUT2D eigenvalue weighted by molar-refractivity contribution is 6.35. The summed E-state index contributed by atoms with van der Waals surface area (Å²) >= 11 is 12.1. The van der Waals surface area contributed by atoms with E-state index < -0.39 is 0 Å². The molecule has 1 aliphatic heterocycles. The largest absolute Gasteiger partial charge is 0.378 e. The van der Waals surface area contributed by atoms with Gasteiger partial charge in [0.15, 0.2) is 0 Å². The molecule has 0 spiro atoms. The Balaban J connectivity index is 1.81. The number of ether oxygens (including phenoxy) is 1. The van der Waals surface area contributed by atoms with Crippen LogP contribution in [0, 0.1) is 0 Å². The molecule has 1 aromatic heterocycles. The smallest absolute Gasteiger partial charge is 0.227 e. The van der Waals surface area contributed by atoms with Crippen LogP contribution in [0.4, 0.5) is 17.5 Å². The van der Waals surface area contributed by atoms with E-state index in [0.29, 0.717) is 35.0 Å². The molecular formula is C14H14Cl2N4O. The first-order chi connectivity index (χ1) is 10.2. The lowest BCUT2D eigenvalue weighted by atomic mass is 10.3. The van der Waals surface area contributed by atoms with Gasteiger partial charge in [0.2, 0.25) is 5.95 Å². The molecule has 1 fully saturated rings. The van der Waals surface area contributed by atoms with Crippen molar-refractivity contribution in [2.45, 2.75) is 0 Å². The fraction of sp³-hybridized carbons (Fsp3) is 0.286. The van der Waals surface area contributed by atoms with Crippen molar-refractivity contribution >= 4 is 40.7 Å². The molecule has 7 heteroatoms. The molecule has 1 saturated heterocycles. The Bertz CT molecular complexity index is 632. The van der Waals surface area contributed by atoms with E-state index in [1.54, 1.807) is 30.5 Å². The number of hydrogen-bond donors (Lipinski definition) is 1. The standard InChI is InChI=1S/C14H14Cl2N4O/c15-10-1-2-11(16)12(9-10)18-13-3-4-17-14(19-13)20-5-7-21-8-6-20/h1-4,9H,5-8H2,(H,17,18,19). The van der Waals surface area contributed by atoms with E-state index in [9.17, 15) is 0 Å². The number of morpholine rings is 1. The van der Waals surface area contributed by atoms with Gasteiger partial charge in [-0.15, -0.1) is 0 Å². The quantitative estimate of drug-likeness (QED) is 0.938. The molecule has 0 aliphatic carbocycles. The van der Waals surface area contributed by atoms with Gasteiger partial charge < -0.3 is 15.0 Å². The van der Waals surface area contributed by atoms with Crippen molar-refractivity contribution in [3.63, 3.8) is 0 Å². The molecule has 2 aromatic rings. The van der Waals surface area contributed by atoms with Gasteiger partial charge in [0, 0.05) is 24.3 Å². The summed E-state index contributed by atoms with van der Waals surface area (Å²) in [6.45, 7) is 2.98. The van der Waals surface area contributed by atoms with Crippen LogP contribution in [-0.4, -0.2) is 36.3 Å². The Hall–Kier alpha value is -1.56. The second kappa shape index (κ2) is 6.47. The van der Waals surface area contributed by atoms with Crippen LogP contribution < -0.4 is 10.2 Å². The summed E-state index contributed by atoms with van der Waals surface area (Å²) in [6, 6.07) is 7.05. The topological polar surface area (TPSA) is 50.3 Å². The highest BCUT2D eigenvalue weighted by Gasteiger charge is 2.14. The van der Waals surface area contributed by atoms with Crippen molar-refractivity contribution in [2.75, 3.05) is 36.5 Å². The van der Waals surface area contributed by atoms with Gasteiger partial charge in [0.1, 0.15) is 5.82 Å². The Morgan fingerprint density at radius 1 is 1.14 bits per heavy atom. The second-order valence-electron chi connectivity index (χ2n) is 4.59. The van der Waals surface area contributed by atoms with E-state index in [2.05, 4.69) is 20.2 Å². The van der Waals surface area contributed by atoms with Crippen LogP contribution in [0.2, 0.25) is 10.0 Å². The summed E-state index contributed by atoms with van der Waals surface area (Å²) in [7, 11) is 0. The van der Waals surface area contributed by atoms with Crippen LogP contribution in [0.3, 0.4) is 0 Å². The molecule has 1 aliphatic rings. The van der Waals surface area contributed by atoms with Gasteiger partial charge in [-0.25, -0.2) is 4.98 Å². The fourth-order valence-electron chi connectivity index (χ4n) is 2.07.